The molecule has 0 aliphatic heterocycles. The third kappa shape index (κ3) is 4.02. The molecule has 0 saturated carbocycles. The normalized spacial score (nSPS) is 10.5. The zero-order valence-electron chi connectivity index (χ0n) is 12.9. The average Bonchev–Trinajstić information content (AvgIpc) is 3.04. The standard InChI is InChI=1S/C18H18N2O2S/c1-21-15-7-5-13(6-8-15)17-12-23-18(20-17)9-10-22-16-4-2-3-14(19)11-16/h2-8,11-12H,9-10,19H2,1H3. The lowest BCUT2D eigenvalue weighted by molar-refractivity contribution is 0.322. The number of rotatable bonds is 6. The van der Waals surface area contributed by atoms with Crippen LogP contribution in [0.1, 0.15) is 5.01 Å². The van der Waals surface area contributed by atoms with Crippen LogP contribution in [0.2, 0.25) is 0 Å². The van der Waals surface area contributed by atoms with E-state index in [1.807, 2.05) is 48.5 Å². The predicted octanol–water partition coefficient (Wildman–Crippen LogP) is 4.02. The van der Waals surface area contributed by atoms with Crippen molar-refractivity contribution in [2.45, 2.75) is 6.42 Å². The van der Waals surface area contributed by atoms with Gasteiger partial charge in [0.1, 0.15) is 11.5 Å². The molecule has 0 fully saturated rings. The maximum absolute atomic E-state index is 5.73. The molecule has 2 N–H and O–H groups in total. The first kappa shape index (κ1) is 15.4. The van der Waals surface area contributed by atoms with Gasteiger partial charge >= 0.3 is 0 Å². The molecule has 118 valence electrons. The minimum atomic E-state index is 0.582. The van der Waals surface area contributed by atoms with Crippen LogP contribution in [0.4, 0.5) is 5.69 Å². The first-order valence-electron chi connectivity index (χ1n) is 7.32. The molecule has 23 heavy (non-hydrogen) atoms. The lowest BCUT2D eigenvalue weighted by Gasteiger charge is -2.05. The molecular formula is C18H18N2O2S. The summed E-state index contributed by atoms with van der Waals surface area (Å²) >= 11 is 1.65. The van der Waals surface area contributed by atoms with Crippen LogP contribution in [0.3, 0.4) is 0 Å². The van der Waals surface area contributed by atoms with Crippen LogP contribution in [0.25, 0.3) is 11.3 Å². The number of ether oxygens (including phenoxy) is 2. The maximum Gasteiger partial charge on any atom is 0.121 e. The van der Waals surface area contributed by atoms with Crippen molar-refractivity contribution in [3.63, 3.8) is 0 Å². The van der Waals surface area contributed by atoms with E-state index in [4.69, 9.17) is 15.2 Å². The SMILES string of the molecule is COc1ccc(-c2csc(CCOc3cccc(N)c3)n2)cc1. The first-order valence-corrected chi connectivity index (χ1v) is 8.20. The Bertz CT molecular complexity index is 769. The predicted molar refractivity (Wildman–Crippen MR) is 94.2 cm³/mol. The van der Waals surface area contributed by atoms with E-state index in [-0.39, 0.29) is 0 Å². The van der Waals surface area contributed by atoms with E-state index in [0.717, 1.165) is 34.2 Å². The Balaban J connectivity index is 1.58. The number of hydrogen-bond acceptors (Lipinski definition) is 5. The van der Waals surface area contributed by atoms with E-state index in [9.17, 15) is 0 Å². The third-order valence-electron chi connectivity index (χ3n) is 3.38. The molecule has 0 saturated heterocycles. The molecule has 1 heterocycles. The van der Waals surface area contributed by atoms with Crippen molar-refractivity contribution in [2.24, 2.45) is 0 Å². The van der Waals surface area contributed by atoms with Crippen LogP contribution in [-0.2, 0) is 6.42 Å². The summed E-state index contributed by atoms with van der Waals surface area (Å²) in [6, 6.07) is 15.4. The van der Waals surface area contributed by atoms with E-state index >= 15 is 0 Å². The lowest BCUT2D eigenvalue weighted by atomic mass is 10.2. The van der Waals surface area contributed by atoms with Gasteiger partial charge in [0.15, 0.2) is 0 Å². The van der Waals surface area contributed by atoms with Crippen LogP contribution in [0, 0.1) is 0 Å². The zero-order valence-corrected chi connectivity index (χ0v) is 13.7. The Kier molecular flexibility index (Phi) is 4.78. The van der Waals surface area contributed by atoms with E-state index in [0.29, 0.717) is 12.3 Å². The van der Waals surface area contributed by atoms with Gasteiger partial charge in [-0.05, 0) is 36.4 Å². The number of aromatic nitrogens is 1. The molecule has 0 atom stereocenters. The van der Waals surface area contributed by atoms with Gasteiger partial charge in [-0.2, -0.15) is 0 Å². The monoisotopic (exact) mass is 326 g/mol. The van der Waals surface area contributed by atoms with Gasteiger partial charge < -0.3 is 15.2 Å². The number of nitrogens with two attached hydrogens (primary N) is 1. The van der Waals surface area contributed by atoms with E-state index < -0.39 is 0 Å². The van der Waals surface area contributed by atoms with Crippen molar-refractivity contribution < 1.29 is 9.47 Å². The summed E-state index contributed by atoms with van der Waals surface area (Å²) in [7, 11) is 1.66. The second kappa shape index (κ2) is 7.15. The lowest BCUT2D eigenvalue weighted by Crippen LogP contribution is -2.01. The van der Waals surface area contributed by atoms with Crippen LogP contribution >= 0.6 is 11.3 Å². The Morgan fingerprint density at radius 2 is 1.91 bits per heavy atom. The van der Waals surface area contributed by atoms with Crippen molar-refractivity contribution in [1.29, 1.82) is 0 Å². The minimum Gasteiger partial charge on any atom is -0.497 e. The van der Waals surface area contributed by atoms with Gasteiger partial charge in [0.05, 0.1) is 24.4 Å². The van der Waals surface area contributed by atoms with Crippen LogP contribution in [-0.4, -0.2) is 18.7 Å². The van der Waals surface area contributed by atoms with Gasteiger partial charge in [-0.25, -0.2) is 4.98 Å². The van der Waals surface area contributed by atoms with Crippen molar-refractivity contribution in [3.05, 3.63) is 58.9 Å². The second-order valence-corrected chi connectivity index (χ2v) is 5.97. The molecule has 3 rings (SSSR count). The number of hydrogen-bond donors (Lipinski definition) is 1. The molecule has 0 unspecified atom stereocenters. The number of anilines is 1. The average molecular weight is 326 g/mol. The fourth-order valence-electron chi connectivity index (χ4n) is 2.18. The summed E-state index contributed by atoms with van der Waals surface area (Å²) < 4.78 is 10.9. The highest BCUT2D eigenvalue weighted by molar-refractivity contribution is 7.09. The van der Waals surface area contributed by atoms with E-state index in [1.165, 1.54) is 0 Å². The van der Waals surface area contributed by atoms with Crippen LogP contribution in [0.5, 0.6) is 11.5 Å². The van der Waals surface area contributed by atoms with E-state index in [1.54, 1.807) is 18.4 Å². The van der Waals surface area contributed by atoms with Gasteiger partial charge in [0.25, 0.3) is 0 Å². The highest BCUT2D eigenvalue weighted by atomic mass is 32.1. The molecule has 1 aromatic heterocycles. The molecule has 0 spiro atoms. The summed E-state index contributed by atoms with van der Waals surface area (Å²) in [5, 5.41) is 3.12. The summed E-state index contributed by atoms with van der Waals surface area (Å²) in [5.41, 5.74) is 8.51. The molecule has 2 aromatic carbocycles. The summed E-state index contributed by atoms with van der Waals surface area (Å²) in [5.74, 6) is 1.64. The first-order chi connectivity index (χ1) is 11.2. The summed E-state index contributed by atoms with van der Waals surface area (Å²) in [4.78, 5) is 4.66. The fourth-order valence-corrected chi connectivity index (χ4v) is 2.97. The van der Waals surface area contributed by atoms with Gasteiger partial charge in [0.2, 0.25) is 0 Å². The molecule has 0 radical (unpaired) electrons. The largest absolute Gasteiger partial charge is 0.497 e. The summed E-state index contributed by atoms with van der Waals surface area (Å²) in [6.45, 7) is 0.582. The second-order valence-electron chi connectivity index (χ2n) is 5.03. The minimum absolute atomic E-state index is 0.582. The molecule has 0 aliphatic rings. The van der Waals surface area contributed by atoms with Gasteiger partial charge in [0, 0.05) is 29.1 Å². The molecule has 5 heteroatoms. The fraction of sp³-hybridized carbons (Fsp3) is 0.167. The Labute approximate surface area is 139 Å². The van der Waals surface area contributed by atoms with Crippen molar-refractivity contribution in [3.8, 4) is 22.8 Å². The van der Waals surface area contributed by atoms with Crippen LogP contribution < -0.4 is 15.2 Å². The van der Waals surface area contributed by atoms with Crippen molar-refractivity contribution in [2.75, 3.05) is 19.5 Å². The zero-order chi connectivity index (χ0) is 16.1. The molecule has 0 amide bonds. The van der Waals surface area contributed by atoms with Gasteiger partial charge in [-0.15, -0.1) is 11.3 Å². The molecule has 4 nitrogen and oxygen atoms in total. The summed E-state index contributed by atoms with van der Waals surface area (Å²) in [6.07, 6.45) is 0.773. The number of nitrogens with zero attached hydrogens (tertiary/aromatic N) is 1. The Morgan fingerprint density at radius 1 is 1.09 bits per heavy atom. The van der Waals surface area contributed by atoms with Gasteiger partial charge in [-0.1, -0.05) is 6.07 Å². The van der Waals surface area contributed by atoms with Gasteiger partial charge in [-0.3, -0.25) is 0 Å². The molecule has 0 bridgehead atoms. The topological polar surface area (TPSA) is 57.4 Å². The number of methoxy groups -OCH3 is 1. The molecule has 3 aromatic rings. The number of thiazole rings is 1. The van der Waals surface area contributed by atoms with E-state index in [2.05, 4.69) is 10.4 Å². The number of nitrogen functional groups attached to an aromatic ring is 1. The number of benzene rings is 2. The highest BCUT2D eigenvalue weighted by Gasteiger charge is 2.05. The smallest absolute Gasteiger partial charge is 0.121 e. The van der Waals surface area contributed by atoms with Crippen molar-refractivity contribution >= 4 is 17.0 Å². The Hall–Kier alpha value is -2.53. The molecule has 0 aliphatic carbocycles. The highest BCUT2D eigenvalue weighted by Crippen LogP contribution is 2.24. The Morgan fingerprint density at radius 3 is 2.65 bits per heavy atom. The van der Waals surface area contributed by atoms with Crippen LogP contribution in [0.15, 0.2) is 53.9 Å². The third-order valence-corrected chi connectivity index (χ3v) is 4.29. The molecular weight excluding hydrogens is 308 g/mol. The van der Waals surface area contributed by atoms with Crippen molar-refractivity contribution in [1.82, 2.24) is 4.98 Å². The quantitative estimate of drug-likeness (QED) is 0.695. The maximum atomic E-state index is 5.73.